The van der Waals surface area contributed by atoms with Crippen molar-refractivity contribution in [2.45, 2.75) is 78.1 Å². The summed E-state index contributed by atoms with van der Waals surface area (Å²) in [5, 5.41) is 18.7. The van der Waals surface area contributed by atoms with Crippen molar-refractivity contribution in [1.29, 1.82) is 0 Å². The average molecular weight is 367 g/mol. The van der Waals surface area contributed by atoms with E-state index in [0.717, 1.165) is 64.6 Å². The van der Waals surface area contributed by atoms with E-state index in [4.69, 9.17) is 5.11 Å². The highest BCUT2D eigenvalue weighted by Gasteiger charge is 2.06. The fourth-order valence-corrected chi connectivity index (χ4v) is 2.51. The van der Waals surface area contributed by atoms with Crippen LogP contribution < -0.4 is 16.0 Å². The van der Waals surface area contributed by atoms with E-state index in [1.54, 1.807) is 0 Å². The highest BCUT2D eigenvalue weighted by molar-refractivity contribution is 5.42. The van der Waals surface area contributed by atoms with Crippen LogP contribution in [0.2, 0.25) is 0 Å². The number of nitrogens with one attached hydrogen (secondary N) is 3. The molecule has 0 saturated heterocycles. The monoisotopic (exact) mass is 366 g/mol. The number of aromatic nitrogens is 3. The number of aliphatic hydroxyl groups excluding tert-OH is 1. The van der Waals surface area contributed by atoms with Crippen LogP contribution in [-0.4, -0.2) is 46.3 Å². The minimum Gasteiger partial charge on any atom is -0.396 e. The van der Waals surface area contributed by atoms with Crippen LogP contribution in [0.3, 0.4) is 0 Å². The molecular formula is C19H38N6O. The van der Waals surface area contributed by atoms with Crippen LogP contribution in [0.4, 0.5) is 17.8 Å². The van der Waals surface area contributed by atoms with Gasteiger partial charge in [0.1, 0.15) is 0 Å². The Hall–Kier alpha value is -1.63. The molecule has 4 N–H and O–H groups in total. The number of rotatable bonds is 17. The predicted octanol–water partition coefficient (Wildman–Crippen LogP) is 4.04. The van der Waals surface area contributed by atoms with Gasteiger partial charge in [-0.15, -0.1) is 0 Å². The molecule has 0 atom stereocenters. The van der Waals surface area contributed by atoms with Gasteiger partial charge in [0.2, 0.25) is 17.8 Å². The van der Waals surface area contributed by atoms with E-state index in [9.17, 15) is 0 Å². The van der Waals surface area contributed by atoms with Gasteiger partial charge in [-0.2, -0.15) is 15.0 Å². The number of nitrogens with zero attached hydrogens (tertiary/aromatic N) is 3. The van der Waals surface area contributed by atoms with E-state index < -0.39 is 0 Å². The first-order chi connectivity index (χ1) is 12.8. The van der Waals surface area contributed by atoms with Gasteiger partial charge in [0, 0.05) is 26.2 Å². The normalized spacial score (nSPS) is 10.7. The van der Waals surface area contributed by atoms with Gasteiger partial charge in [0.25, 0.3) is 0 Å². The maximum atomic E-state index is 8.77. The van der Waals surface area contributed by atoms with Crippen molar-refractivity contribution >= 4 is 17.8 Å². The van der Waals surface area contributed by atoms with E-state index in [-0.39, 0.29) is 0 Å². The number of anilines is 3. The summed E-state index contributed by atoms with van der Waals surface area (Å²) < 4.78 is 0. The Morgan fingerprint density at radius 2 is 0.962 bits per heavy atom. The zero-order chi connectivity index (χ0) is 18.9. The second-order valence-electron chi connectivity index (χ2n) is 6.64. The van der Waals surface area contributed by atoms with Crippen LogP contribution in [0, 0.1) is 0 Å². The minimum absolute atomic E-state index is 0.310. The van der Waals surface area contributed by atoms with E-state index in [1.807, 2.05) is 0 Å². The van der Waals surface area contributed by atoms with Crippen molar-refractivity contribution in [2.75, 3.05) is 42.2 Å². The van der Waals surface area contributed by atoms with E-state index >= 15 is 0 Å². The Kier molecular flexibility index (Phi) is 13.5. The lowest BCUT2D eigenvalue weighted by atomic mass is 10.1. The van der Waals surface area contributed by atoms with Crippen molar-refractivity contribution in [3.8, 4) is 0 Å². The fraction of sp³-hybridized carbons (Fsp3) is 0.842. The Bertz CT molecular complexity index is 429. The van der Waals surface area contributed by atoms with Gasteiger partial charge in [0.05, 0.1) is 0 Å². The molecule has 0 fully saturated rings. The molecule has 150 valence electrons. The zero-order valence-electron chi connectivity index (χ0n) is 16.7. The number of aliphatic hydroxyl groups is 1. The zero-order valence-corrected chi connectivity index (χ0v) is 16.7. The predicted molar refractivity (Wildman–Crippen MR) is 110 cm³/mol. The Morgan fingerprint density at radius 1 is 0.577 bits per heavy atom. The quantitative estimate of drug-likeness (QED) is 0.309. The molecule has 1 aromatic heterocycles. The lowest BCUT2D eigenvalue weighted by Gasteiger charge is -2.11. The molecule has 0 aromatic carbocycles. The van der Waals surface area contributed by atoms with Crippen molar-refractivity contribution < 1.29 is 5.11 Å². The second kappa shape index (κ2) is 15.6. The van der Waals surface area contributed by atoms with Crippen LogP contribution in [0.5, 0.6) is 0 Å². The third kappa shape index (κ3) is 11.1. The molecule has 1 aromatic rings. The summed E-state index contributed by atoms with van der Waals surface area (Å²) in [7, 11) is 0. The Morgan fingerprint density at radius 3 is 1.38 bits per heavy atom. The molecular weight excluding hydrogens is 328 g/mol. The molecule has 0 aliphatic carbocycles. The number of unbranched alkanes of at least 4 members (excludes halogenated alkanes) is 7. The maximum Gasteiger partial charge on any atom is 0.229 e. The Balaban J connectivity index is 2.42. The smallest absolute Gasteiger partial charge is 0.229 e. The summed E-state index contributed by atoms with van der Waals surface area (Å²) in [6.07, 6.45) is 11.2. The summed E-state index contributed by atoms with van der Waals surface area (Å²) in [6, 6.07) is 0. The summed E-state index contributed by atoms with van der Waals surface area (Å²) >= 11 is 0. The van der Waals surface area contributed by atoms with Crippen molar-refractivity contribution in [1.82, 2.24) is 15.0 Å². The van der Waals surface area contributed by atoms with E-state index in [0.29, 0.717) is 24.5 Å². The molecule has 1 rings (SSSR count). The molecule has 0 aliphatic heterocycles. The molecule has 0 bridgehead atoms. The van der Waals surface area contributed by atoms with Crippen LogP contribution in [0.15, 0.2) is 0 Å². The van der Waals surface area contributed by atoms with Gasteiger partial charge in [0.15, 0.2) is 0 Å². The lowest BCUT2D eigenvalue weighted by Crippen LogP contribution is -2.14. The summed E-state index contributed by atoms with van der Waals surface area (Å²) in [6.45, 7) is 7.27. The third-order valence-corrected chi connectivity index (χ3v) is 4.13. The molecule has 0 radical (unpaired) electrons. The van der Waals surface area contributed by atoms with Gasteiger partial charge in [-0.3, -0.25) is 0 Å². The molecule has 0 unspecified atom stereocenters. The van der Waals surface area contributed by atoms with E-state index in [2.05, 4.69) is 44.7 Å². The summed E-state index contributed by atoms with van der Waals surface area (Å²) in [5.41, 5.74) is 0. The van der Waals surface area contributed by atoms with Crippen molar-refractivity contribution in [2.24, 2.45) is 0 Å². The van der Waals surface area contributed by atoms with Gasteiger partial charge < -0.3 is 21.1 Å². The van der Waals surface area contributed by atoms with Crippen LogP contribution >= 0.6 is 0 Å². The third-order valence-electron chi connectivity index (χ3n) is 4.13. The van der Waals surface area contributed by atoms with Gasteiger partial charge in [-0.1, -0.05) is 52.4 Å². The van der Waals surface area contributed by atoms with Crippen molar-refractivity contribution in [3.05, 3.63) is 0 Å². The van der Waals surface area contributed by atoms with Crippen molar-refractivity contribution in [3.63, 3.8) is 0 Å². The maximum absolute atomic E-state index is 8.77. The first kappa shape index (κ1) is 22.4. The standard InChI is InChI=1S/C19H38N6O/c1-3-5-13-20-17-23-18(21-14-6-4-2)25-19(24-17)22-15-11-9-7-8-10-12-16-26/h26H,3-16H2,1-2H3,(H3,20,21,22,23,24,25). The molecule has 1 heterocycles. The number of hydrogen-bond acceptors (Lipinski definition) is 7. The topological polar surface area (TPSA) is 95.0 Å². The molecule has 26 heavy (non-hydrogen) atoms. The summed E-state index contributed by atoms with van der Waals surface area (Å²) in [5.74, 6) is 1.91. The first-order valence-electron chi connectivity index (χ1n) is 10.4. The average Bonchev–Trinajstić information content (AvgIpc) is 2.64. The van der Waals surface area contributed by atoms with Crippen LogP contribution in [-0.2, 0) is 0 Å². The molecule has 0 spiro atoms. The first-order valence-corrected chi connectivity index (χ1v) is 10.4. The van der Waals surface area contributed by atoms with Gasteiger partial charge >= 0.3 is 0 Å². The highest BCUT2D eigenvalue weighted by atomic mass is 16.2. The fourth-order valence-electron chi connectivity index (χ4n) is 2.51. The second-order valence-corrected chi connectivity index (χ2v) is 6.64. The molecule has 0 saturated carbocycles. The molecule has 7 nitrogen and oxygen atoms in total. The Labute approximate surface area is 158 Å². The SMILES string of the molecule is CCCCNc1nc(NCCCC)nc(NCCCCCCCCO)n1. The van der Waals surface area contributed by atoms with Crippen LogP contribution in [0.1, 0.15) is 78.1 Å². The highest BCUT2D eigenvalue weighted by Crippen LogP contribution is 2.11. The van der Waals surface area contributed by atoms with Gasteiger partial charge in [-0.25, -0.2) is 0 Å². The van der Waals surface area contributed by atoms with Gasteiger partial charge in [-0.05, 0) is 25.7 Å². The summed E-state index contributed by atoms with van der Waals surface area (Å²) in [4.78, 5) is 13.4. The van der Waals surface area contributed by atoms with Crippen LogP contribution in [0.25, 0.3) is 0 Å². The molecule has 7 heteroatoms. The lowest BCUT2D eigenvalue weighted by molar-refractivity contribution is 0.282. The largest absolute Gasteiger partial charge is 0.396 e. The molecule has 0 amide bonds. The van der Waals surface area contributed by atoms with E-state index in [1.165, 1.54) is 19.3 Å². The minimum atomic E-state index is 0.310. The number of hydrogen-bond donors (Lipinski definition) is 4. The molecule has 0 aliphatic rings.